The fourth-order valence-electron chi connectivity index (χ4n) is 3.03. The van der Waals surface area contributed by atoms with E-state index in [4.69, 9.17) is 5.73 Å². The van der Waals surface area contributed by atoms with Gasteiger partial charge in [-0.2, -0.15) is 0 Å². The minimum atomic E-state index is -0.696. The zero-order chi connectivity index (χ0) is 12.7. The van der Waals surface area contributed by atoms with Crippen molar-refractivity contribution in [3.05, 3.63) is 23.8 Å². The van der Waals surface area contributed by atoms with Crippen LogP contribution in [0.4, 0.5) is 20.2 Å². The Hall–Kier alpha value is -1.36. The van der Waals surface area contributed by atoms with Crippen LogP contribution in [0.25, 0.3) is 0 Å². The van der Waals surface area contributed by atoms with E-state index >= 15 is 0 Å². The van der Waals surface area contributed by atoms with E-state index in [9.17, 15) is 8.78 Å². The zero-order valence-electron chi connectivity index (χ0n) is 10.1. The van der Waals surface area contributed by atoms with E-state index in [2.05, 4.69) is 10.2 Å². The first-order valence-electron chi connectivity index (χ1n) is 6.37. The van der Waals surface area contributed by atoms with Gasteiger partial charge in [0.15, 0.2) is 5.82 Å². The van der Waals surface area contributed by atoms with Gasteiger partial charge in [0.25, 0.3) is 0 Å². The van der Waals surface area contributed by atoms with Crippen LogP contribution in [0.15, 0.2) is 12.1 Å². The third-order valence-electron chi connectivity index (χ3n) is 4.09. The quantitative estimate of drug-likeness (QED) is 0.793. The highest BCUT2D eigenvalue weighted by molar-refractivity contribution is 5.67. The summed E-state index contributed by atoms with van der Waals surface area (Å²) < 4.78 is 26.6. The van der Waals surface area contributed by atoms with Crippen LogP contribution < -0.4 is 11.1 Å². The Kier molecular flexibility index (Phi) is 2.86. The Morgan fingerprint density at radius 3 is 2.56 bits per heavy atom. The standard InChI is InChI=1S/C13H17F2N3/c14-9-5-10(15)13(16)11(6-9)17-12-7-18-3-1-8(12)2-4-18/h5-6,8,12,17H,1-4,7,16H2. The van der Waals surface area contributed by atoms with Crippen molar-refractivity contribution in [2.75, 3.05) is 30.7 Å². The Balaban J connectivity index is 1.80. The minimum absolute atomic E-state index is 0.00727. The molecule has 4 rings (SSSR count). The molecule has 3 aliphatic heterocycles. The number of rotatable bonds is 2. The van der Waals surface area contributed by atoms with E-state index in [0.29, 0.717) is 11.6 Å². The van der Waals surface area contributed by atoms with Gasteiger partial charge in [0.05, 0.1) is 11.4 Å². The molecule has 0 amide bonds. The molecule has 3 nitrogen and oxygen atoms in total. The molecule has 1 aromatic carbocycles. The molecule has 0 spiro atoms. The van der Waals surface area contributed by atoms with Crippen molar-refractivity contribution in [3.63, 3.8) is 0 Å². The van der Waals surface area contributed by atoms with Crippen molar-refractivity contribution in [2.45, 2.75) is 18.9 Å². The lowest BCUT2D eigenvalue weighted by molar-refractivity contribution is 0.0975. The summed E-state index contributed by atoms with van der Waals surface area (Å²) >= 11 is 0. The number of nitrogens with zero attached hydrogens (tertiary/aromatic N) is 1. The van der Waals surface area contributed by atoms with Crippen molar-refractivity contribution in [2.24, 2.45) is 5.92 Å². The summed E-state index contributed by atoms with van der Waals surface area (Å²) in [6, 6.07) is 2.34. The smallest absolute Gasteiger partial charge is 0.151 e. The van der Waals surface area contributed by atoms with E-state index in [0.717, 1.165) is 38.5 Å². The van der Waals surface area contributed by atoms with E-state index in [-0.39, 0.29) is 11.7 Å². The maximum atomic E-state index is 13.4. The first-order valence-corrected chi connectivity index (χ1v) is 6.37. The normalized spacial score (nSPS) is 30.4. The number of nitrogens with two attached hydrogens (primary N) is 1. The molecule has 3 heterocycles. The summed E-state index contributed by atoms with van der Waals surface area (Å²) in [7, 11) is 0. The molecule has 1 unspecified atom stereocenters. The van der Waals surface area contributed by atoms with Gasteiger partial charge in [-0.25, -0.2) is 8.78 Å². The SMILES string of the molecule is Nc1c(F)cc(F)cc1NC1CN2CCC1CC2. The Morgan fingerprint density at radius 1 is 1.22 bits per heavy atom. The lowest BCUT2D eigenvalue weighted by atomic mass is 9.84. The molecular weight excluding hydrogens is 236 g/mol. The molecular formula is C13H17F2N3. The molecule has 3 aliphatic rings. The molecule has 3 N–H and O–H groups in total. The Morgan fingerprint density at radius 2 is 1.94 bits per heavy atom. The van der Waals surface area contributed by atoms with Gasteiger partial charge in [0.2, 0.25) is 0 Å². The van der Waals surface area contributed by atoms with Crippen LogP contribution in [0.3, 0.4) is 0 Å². The van der Waals surface area contributed by atoms with Gasteiger partial charge in [0, 0.05) is 18.7 Å². The van der Waals surface area contributed by atoms with Crippen molar-refractivity contribution in [1.82, 2.24) is 4.90 Å². The van der Waals surface area contributed by atoms with Crippen LogP contribution in [0, 0.1) is 17.6 Å². The number of nitrogen functional groups attached to an aromatic ring is 1. The molecule has 0 aromatic heterocycles. The summed E-state index contributed by atoms with van der Waals surface area (Å²) in [6.07, 6.45) is 2.30. The summed E-state index contributed by atoms with van der Waals surface area (Å²) in [6.45, 7) is 3.20. The number of piperidine rings is 3. The first kappa shape index (κ1) is 11.7. The number of benzene rings is 1. The van der Waals surface area contributed by atoms with Crippen LogP contribution in [0.2, 0.25) is 0 Å². The monoisotopic (exact) mass is 253 g/mol. The Bertz CT molecular complexity index is 456. The average Bonchev–Trinajstić information content (AvgIpc) is 2.37. The van der Waals surface area contributed by atoms with Gasteiger partial charge in [-0.05, 0) is 37.9 Å². The minimum Gasteiger partial charge on any atom is -0.395 e. The maximum absolute atomic E-state index is 13.4. The molecule has 18 heavy (non-hydrogen) atoms. The number of hydrogen-bond donors (Lipinski definition) is 2. The van der Waals surface area contributed by atoms with Gasteiger partial charge in [-0.3, -0.25) is 0 Å². The molecule has 1 aromatic rings. The van der Waals surface area contributed by atoms with Crippen molar-refractivity contribution in [3.8, 4) is 0 Å². The van der Waals surface area contributed by atoms with E-state index in [1.807, 2.05) is 0 Å². The highest BCUT2D eigenvalue weighted by Crippen LogP contribution is 2.32. The highest BCUT2D eigenvalue weighted by Gasteiger charge is 2.34. The lowest BCUT2D eigenvalue weighted by Crippen LogP contribution is -2.53. The lowest BCUT2D eigenvalue weighted by Gasteiger charge is -2.45. The van der Waals surface area contributed by atoms with Crippen molar-refractivity contribution in [1.29, 1.82) is 0 Å². The van der Waals surface area contributed by atoms with Crippen LogP contribution in [0.5, 0.6) is 0 Å². The van der Waals surface area contributed by atoms with Gasteiger partial charge in [0.1, 0.15) is 5.82 Å². The molecule has 0 radical (unpaired) electrons. The summed E-state index contributed by atoms with van der Waals surface area (Å²) in [4.78, 5) is 2.38. The van der Waals surface area contributed by atoms with E-state index in [1.54, 1.807) is 0 Å². The van der Waals surface area contributed by atoms with Crippen LogP contribution >= 0.6 is 0 Å². The Labute approximate surface area is 105 Å². The number of halogens is 2. The molecule has 5 heteroatoms. The second-order valence-electron chi connectivity index (χ2n) is 5.24. The maximum Gasteiger partial charge on any atom is 0.151 e. The van der Waals surface area contributed by atoms with E-state index in [1.165, 1.54) is 6.07 Å². The van der Waals surface area contributed by atoms with Crippen LogP contribution in [-0.2, 0) is 0 Å². The first-order chi connectivity index (χ1) is 8.63. The third kappa shape index (κ3) is 2.03. The highest BCUT2D eigenvalue weighted by atomic mass is 19.1. The summed E-state index contributed by atoms with van der Waals surface area (Å²) in [5.41, 5.74) is 6.04. The molecule has 1 atom stereocenters. The van der Waals surface area contributed by atoms with Gasteiger partial charge >= 0.3 is 0 Å². The summed E-state index contributed by atoms with van der Waals surface area (Å²) in [5.74, 6) is -0.704. The largest absolute Gasteiger partial charge is 0.395 e. The van der Waals surface area contributed by atoms with Crippen molar-refractivity contribution < 1.29 is 8.78 Å². The topological polar surface area (TPSA) is 41.3 Å². The molecule has 0 saturated carbocycles. The third-order valence-corrected chi connectivity index (χ3v) is 4.09. The fourth-order valence-corrected chi connectivity index (χ4v) is 3.03. The number of nitrogens with one attached hydrogen (secondary N) is 1. The van der Waals surface area contributed by atoms with Gasteiger partial charge in [-0.1, -0.05) is 0 Å². The van der Waals surface area contributed by atoms with Gasteiger partial charge in [-0.15, -0.1) is 0 Å². The number of fused-ring (bicyclic) bond motifs is 3. The summed E-state index contributed by atoms with van der Waals surface area (Å²) in [5, 5.41) is 3.22. The molecule has 3 saturated heterocycles. The molecule has 3 fully saturated rings. The zero-order valence-corrected chi connectivity index (χ0v) is 10.1. The molecule has 98 valence electrons. The predicted molar refractivity (Wildman–Crippen MR) is 67.3 cm³/mol. The molecule has 0 aliphatic carbocycles. The fraction of sp³-hybridized carbons (Fsp3) is 0.538. The van der Waals surface area contributed by atoms with Crippen molar-refractivity contribution >= 4 is 11.4 Å². The van der Waals surface area contributed by atoms with E-state index < -0.39 is 11.6 Å². The predicted octanol–water partition coefficient (Wildman–Crippen LogP) is 2.05. The number of anilines is 2. The molecule has 2 bridgehead atoms. The average molecular weight is 253 g/mol. The second-order valence-corrected chi connectivity index (χ2v) is 5.24. The van der Waals surface area contributed by atoms with Crippen LogP contribution in [-0.4, -0.2) is 30.6 Å². The van der Waals surface area contributed by atoms with Gasteiger partial charge < -0.3 is 16.0 Å². The second kappa shape index (κ2) is 4.39. The number of hydrogen-bond acceptors (Lipinski definition) is 3. The van der Waals surface area contributed by atoms with Crippen LogP contribution in [0.1, 0.15) is 12.8 Å².